The molecule has 0 saturated carbocycles. The van der Waals surface area contributed by atoms with Crippen LogP contribution < -0.4 is 10.1 Å². The van der Waals surface area contributed by atoms with Crippen LogP contribution in [0.2, 0.25) is 0 Å². The van der Waals surface area contributed by atoms with Crippen LogP contribution in [0.5, 0.6) is 5.75 Å². The lowest BCUT2D eigenvalue weighted by molar-refractivity contribution is 0.302. The van der Waals surface area contributed by atoms with Crippen molar-refractivity contribution in [1.82, 2.24) is 5.32 Å². The van der Waals surface area contributed by atoms with Crippen LogP contribution in [0.1, 0.15) is 29.2 Å². The second-order valence-corrected chi connectivity index (χ2v) is 6.23. The molecular weight excluding hydrogens is 326 g/mol. The summed E-state index contributed by atoms with van der Waals surface area (Å²) >= 11 is 3.52. The normalized spacial score (nSPS) is 10.7. The Labute approximate surface area is 135 Å². The Morgan fingerprint density at radius 1 is 1.05 bits per heavy atom. The van der Waals surface area contributed by atoms with E-state index in [1.54, 1.807) is 0 Å². The van der Waals surface area contributed by atoms with Gasteiger partial charge >= 0.3 is 0 Å². The number of hydrogen-bond acceptors (Lipinski definition) is 2. The topological polar surface area (TPSA) is 21.3 Å². The molecule has 0 amide bonds. The van der Waals surface area contributed by atoms with Gasteiger partial charge in [0.15, 0.2) is 0 Å². The maximum absolute atomic E-state index is 6.02. The van der Waals surface area contributed by atoms with Gasteiger partial charge in [-0.1, -0.05) is 52.2 Å². The van der Waals surface area contributed by atoms with Crippen molar-refractivity contribution < 1.29 is 4.74 Å². The van der Waals surface area contributed by atoms with Crippen LogP contribution in [0.4, 0.5) is 0 Å². The quantitative estimate of drug-likeness (QED) is 0.813. The molecule has 0 saturated heterocycles. The van der Waals surface area contributed by atoms with Crippen molar-refractivity contribution in [2.75, 3.05) is 6.54 Å². The molecule has 0 heterocycles. The molecule has 0 aliphatic heterocycles. The molecular formula is C18H22BrNO. The first-order chi connectivity index (χ1) is 10.1. The summed E-state index contributed by atoms with van der Waals surface area (Å²) in [6, 6.07) is 12.7. The summed E-state index contributed by atoms with van der Waals surface area (Å²) in [7, 11) is 0. The van der Waals surface area contributed by atoms with Gasteiger partial charge in [0.1, 0.15) is 12.4 Å². The molecule has 0 bridgehead atoms. The second kappa shape index (κ2) is 7.62. The second-order valence-electron chi connectivity index (χ2n) is 5.32. The predicted molar refractivity (Wildman–Crippen MR) is 91.8 cm³/mol. The summed E-state index contributed by atoms with van der Waals surface area (Å²) in [5, 5.41) is 3.35. The van der Waals surface area contributed by atoms with Gasteiger partial charge in [-0.25, -0.2) is 0 Å². The summed E-state index contributed by atoms with van der Waals surface area (Å²) in [6.45, 7) is 8.71. The Balaban J connectivity index is 2.11. The molecule has 0 aromatic heterocycles. The van der Waals surface area contributed by atoms with Crippen molar-refractivity contribution in [3.05, 3.63) is 63.1 Å². The molecule has 0 fully saturated rings. The number of benzene rings is 2. The van der Waals surface area contributed by atoms with Crippen molar-refractivity contribution >= 4 is 15.9 Å². The average Bonchev–Trinajstić information content (AvgIpc) is 2.43. The minimum atomic E-state index is 0.600. The van der Waals surface area contributed by atoms with E-state index in [2.05, 4.69) is 66.3 Å². The van der Waals surface area contributed by atoms with E-state index >= 15 is 0 Å². The SMILES string of the molecule is CCNCc1cc(Br)ccc1OCc1cc(C)cc(C)c1. The Morgan fingerprint density at radius 3 is 2.43 bits per heavy atom. The lowest BCUT2D eigenvalue weighted by Crippen LogP contribution is -2.13. The third-order valence-corrected chi connectivity index (χ3v) is 3.76. The minimum absolute atomic E-state index is 0.600. The predicted octanol–water partition coefficient (Wildman–Crippen LogP) is 4.75. The molecule has 0 aliphatic rings. The number of hydrogen-bond donors (Lipinski definition) is 1. The van der Waals surface area contributed by atoms with Gasteiger partial charge in [-0.2, -0.15) is 0 Å². The third-order valence-electron chi connectivity index (χ3n) is 3.26. The van der Waals surface area contributed by atoms with E-state index in [1.807, 2.05) is 12.1 Å². The monoisotopic (exact) mass is 347 g/mol. The summed E-state index contributed by atoms with van der Waals surface area (Å²) in [5.74, 6) is 0.943. The van der Waals surface area contributed by atoms with E-state index in [0.29, 0.717) is 6.61 Å². The molecule has 2 aromatic rings. The van der Waals surface area contributed by atoms with Crippen LogP contribution in [0.3, 0.4) is 0 Å². The first kappa shape index (κ1) is 16.1. The highest BCUT2D eigenvalue weighted by Gasteiger charge is 2.05. The zero-order chi connectivity index (χ0) is 15.2. The highest BCUT2D eigenvalue weighted by Crippen LogP contribution is 2.24. The van der Waals surface area contributed by atoms with Crippen LogP contribution in [0, 0.1) is 13.8 Å². The van der Waals surface area contributed by atoms with Crippen LogP contribution in [-0.2, 0) is 13.2 Å². The van der Waals surface area contributed by atoms with Gasteiger partial charge in [-0.15, -0.1) is 0 Å². The Morgan fingerprint density at radius 2 is 1.76 bits per heavy atom. The van der Waals surface area contributed by atoms with Crippen LogP contribution in [0.25, 0.3) is 0 Å². The van der Waals surface area contributed by atoms with E-state index < -0.39 is 0 Å². The van der Waals surface area contributed by atoms with Crippen LogP contribution >= 0.6 is 15.9 Å². The molecule has 21 heavy (non-hydrogen) atoms. The number of halogens is 1. The molecule has 2 nitrogen and oxygen atoms in total. The zero-order valence-corrected chi connectivity index (χ0v) is 14.5. The van der Waals surface area contributed by atoms with E-state index in [0.717, 1.165) is 23.3 Å². The average molecular weight is 348 g/mol. The lowest BCUT2D eigenvalue weighted by Gasteiger charge is -2.13. The zero-order valence-electron chi connectivity index (χ0n) is 12.9. The fourth-order valence-electron chi connectivity index (χ4n) is 2.40. The number of aryl methyl sites for hydroxylation is 2. The van der Waals surface area contributed by atoms with Gasteiger partial charge in [0, 0.05) is 16.6 Å². The standard InChI is InChI=1S/C18H22BrNO/c1-4-20-11-16-10-17(19)5-6-18(16)21-12-15-8-13(2)7-14(3)9-15/h5-10,20H,4,11-12H2,1-3H3. The molecule has 3 heteroatoms. The Bertz CT molecular complexity index is 590. The largest absolute Gasteiger partial charge is 0.489 e. The van der Waals surface area contributed by atoms with Crippen LogP contribution in [-0.4, -0.2) is 6.54 Å². The molecule has 0 radical (unpaired) electrons. The summed E-state index contributed by atoms with van der Waals surface area (Å²) in [5.41, 5.74) is 4.94. The summed E-state index contributed by atoms with van der Waals surface area (Å²) in [4.78, 5) is 0. The van der Waals surface area contributed by atoms with Crippen molar-refractivity contribution in [3.63, 3.8) is 0 Å². The fraction of sp³-hybridized carbons (Fsp3) is 0.333. The number of ether oxygens (including phenoxy) is 1. The minimum Gasteiger partial charge on any atom is -0.489 e. The summed E-state index contributed by atoms with van der Waals surface area (Å²) < 4.78 is 7.10. The molecule has 0 spiro atoms. The van der Waals surface area contributed by atoms with Crippen molar-refractivity contribution in [1.29, 1.82) is 0 Å². The van der Waals surface area contributed by atoms with Gasteiger partial charge in [0.2, 0.25) is 0 Å². The molecule has 0 unspecified atom stereocenters. The first-order valence-corrected chi connectivity index (χ1v) is 8.07. The van der Waals surface area contributed by atoms with Gasteiger partial charge in [-0.3, -0.25) is 0 Å². The fourth-order valence-corrected chi connectivity index (χ4v) is 2.81. The smallest absolute Gasteiger partial charge is 0.124 e. The number of nitrogens with one attached hydrogen (secondary N) is 1. The highest BCUT2D eigenvalue weighted by molar-refractivity contribution is 9.10. The van der Waals surface area contributed by atoms with Crippen molar-refractivity contribution in [2.24, 2.45) is 0 Å². The molecule has 0 aliphatic carbocycles. The lowest BCUT2D eigenvalue weighted by atomic mass is 10.1. The molecule has 2 aromatic carbocycles. The summed E-state index contributed by atoms with van der Waals surface area (Å²) in [6.07, 6.45) is 0. The molecule has 0 atom stereocenters. The Kier molecular flexibility index (Phi) is 5.83. The Hall–Kier alpha value is -1.32. The van der Waals surface area contributed by atoms with E-state index in [9.17, 15) is 0 Å². The van der Waals surface area contributed by atoms with Crippen molar-refractivity contribution in [2.45, 2.75) is 33.9 Å². The first-order valence-electron chi connectivity index (χ1n) is 7.27. The van der Waals surface area contributed by atoms with Gasteiger partial charge in [0.25, 0.3) is 0 Å². The van der Waals surface area contributed by atoms with Gasteiger partial charge in [0.05, 0.1) is 0 Å². The molecule has 2 rings (SSSR count). The van der Waals surface area contributed by atoms with Crippen molar-refractivity contribution in [3.8, 4) is 5.75 Å². The highest BCUT2D eigenvalue weighted by atomic mass is 79.9. The van der Waals surface area contributed by atoms with Gasteiger partial charge in [-0.05, 0) is 44.2 Å². The van der Waals surface area contributed by atoms with Gasteiger partial charge < -0.3 is 10.1 Å². The molecule has 1 N–H and O–H groups in total. The maximum Gasteiger partial charge on any atom is 0.124 e. The molecule has 112 valence electrons. The maximum atomic E-state index is 6.02. The van der Waals surface area contributed by atoms with E-state index in [4.69, 9.17) is 4.74 Å². The van der Waals surface area contributed by atoms with E-state index in [-0.39, 0.29) is 0 Å². The van der Waals surface area contributed by atoms with E-state index in [1.165, 1.54) is 22.3 Å². The third kappa shape index (κ3) is 4.87. The number of rotatable bonds is 6. The van der Waals surface area contributed by atoms with Crippen LogP contribution in [0.15, 0.2) is 40.9 Å².